The van der Waals surface area contributed by atoms with E-state index < -0.39 is 0 Å². The Morgan fingerprint density at radius 2 is 1.71 bits per heavy atom. The maximum absolute atomic E-state index is 12.6. The molecule has 0 radical (unpaired) electrons. The molecule has 2 aliphatic carbocycles. The fourth-order valence-corrected chi connectivity index (χ4v) is 4.40. The van der Waals surface area contributed by atoms with Crippen molar-refractivity contribution in [2.24, 2.45) is 5.92 Å². The second-order valence-electron chi connectivity index (χ2n) is 7.69. The highest BCUT2D eigenvalue weighted by Gasteiger charge is 2.38. The van der Waals surface area contributed by atoms with Crippen LogP contribution in [0.4, 0.5) is 5.82 Å². The molecule has 5 heteroatoms. The number of amides is 1. The molecule has 1 aromatic rings. The molecule has 0 aromatic carbocycles. The first-order valence-corrected chi connectivity index (χ1v) is 9.58. The third kappa shape index (κ3) is 3.26. The molecule has 5 nitrogen and oxygen atoms in total. The summed E-state index contributed by atoms with van der Waals surface area (Å²) in [5, 5.41) is 0. The second kappa shape index (κ2) is 6.69. The maximum Gasteiger partial charge on any atom is 0.225 e. The molecule has 0 bridgehead atoms. The molecular formula is C19H28N4O. The molecule has 2 heterocycles. The lowest BCUT2D eigenvalue weighted by molar-refractivity contribution is -0.136. The Bertz CT molecular complexity index is 587. The molecule has 0 N–H and O–H groups in total. The summed E-state index contributed by atoms with van der Waals surface area (Å²) in [6.45, 7) is 3.85. The standard InChI is InChI=1S/C19H28N4O/c1-14-12-18(21-13-20-14)23(16-6-7-16)17-8-10-22(11-9-17)19(24)15-4-2-3-5-15/h12-13,15-17H,2-11H2,1H3. The van der Waals surface area contributed by atoms with Crippen LogP contribution in [0.5, 0.6) is 0 Å². The van der Waals surface area contributed by atoms with Crippen LogP contribution in [0, 0.1) is 12.8 Å². The minimum atomic E-state index is 0.311. The summed E-state index contributed by atoms with van der Waals surface area (Å²) in [6, 6.07) is 3.26. The molecule has 0 unspecified atom stereocenters. The number of piperidine rings is 1. The average molecular weight is 328 g/mol. The van der Waals surface area contributed by atoms with Gasteiger partial charge >= 0.3 is 0 Å². The normalized spacial score (nSPS) is 22.8. The lowest BCUT2D eigenvalue weighted by Crippen LogP contribution is -2.49. The number of aryl methyl sites for hydroxylation is 1. The summed E-state index contributed by atoms with van der Waals surface area (Å²) in [5.41, 5.74) is 1.03. The molecular weight excluding hydrogens is 300 g/mol. The first-order valence-electron chi connectivity index (χ1n) is 9.58. The number of carbonyl (C=O) groups is 1. The first kappa shape index (κ1) is 15.9. The molecule has 1 saturated heterocycles. The first-order chi connectivity index (χ1) is 11.7. The lowest BCUT2D eigenvalue weighted by atomic mass is 9.99. The van der Waals surface area contributed by atoms with Crippen LogP contribution >= 0.6 is 0 Å². The van der Waals surface area contributed by atoms with E-state index in [-0.39, 0.29) is 0 Å². The van der Waals surface area contributed by atoms with Gasteiger partial charge in [0.15, 0.2) is 0 Å². The van der Waals surface area contributed by atoms with Crippen LogP contribution in [0.25, 0.3) is 0 Å². The van der Waals surface area contributed by atoms with Crippen molar-refractivity contribution in [1.29, 1.82) is 0 Å². The molecule has 24 heavy (non-hydrogen) atoms. The van der Waals surface area contributed by atoms with E-state index in [0.717, 1.165) is 50.3 Å². The molecule has 2 saturated carbocycles. The molecule has 4 rings (SSSR count). The zero-order valence-corrected chi connectivity index (χ0v) is 14.7. The fourth-order valence-electron chi connectivity index (χ4n) is 4.40. The van der Waals surface area contributed by atoms with Crippen LogP contribution in [0.2, 0.25) is 0 Å². The van der Waals surface area contributed by atoms with Crippen molar-refractivity contribution in [3.8, 4) is 0 Å². The van der Waals surface area contributed by atoms with Crippen molar-refractivity contribution in [2.45, 2.75) is 70.4 Å². The molecule has 1 amide bonds. The van der Waals surface area contributed by atoms with Crippen molar-refractivity contribution < 1.29 is 4.79 Å². The number of carbonyl (C=O) groups excluding carboxylic acids is 1. The zero-order chi connectivity index (χ0) is 16.5. The van der Waals surface area contributed by atoms with Gasteiger partial charge in [0.1, 0.15) is 12.1 Å². The molecule has 3 aliphatic rings. The Balaban J connectivity index is 1.41. The number of nitrogens with zero attached hydrogens (tertiary/aromatic N) is 4. The predicted octanol–water partition coefficient (Wildman–Crippen LogP) is 2.94. The van der Waals surface area contributed by atoms with E-state index in [1.807, 2.05) is 6.92 Å². The molecule has 1 aromatic heterocycles. The van der Waals surface area contributed by atoms with Crippen LogP contribution < -0.4 is 4.90 Å². The Kier molecular flexibility index (Phi) is 4.42. The summed E-state index contributed by atoms with van der Waals surface area (Å²) in [7, 11) is 0. The van der Waals surface area contributed by atoms with Crippen LogP contribution in [0.1, 0.15) is 57.1 Å². The topological polar surface area (TPSA) is 49.3 Å². The summed E-state index contributed by atoms with van der Waals surface area (Å²) >= 11 is 0. The van der Waals surface area contributed by atoms with E-state index in [9.17, 15) is 4.79 Å². The third-order valence-electron chi connectivity index (χ3n) is 5.87. The van der Waals surface area contributed by atoms with E-state index in [1.54, 1.807) is 6.33 Å². The number of hydrogen-bond donors (Lipinski definition) is 0. The van der Waals surface area contributed by atoms with Crippen LogP contribution in [0.15, 0.2) is 12.4 Å². The SMILES string of the molecule is Cc1cc(N(C2CC2)C2CCN(C(=O)C3CCCC3)CC2)ncn1. The highest BCUT2D eigenvalue weighted by atomic mass is 16.2. The van der Waals surface area contributed by atoms with Gasteiger partial charge in [0.05, 0.1) is 0 Å². The Hall–Kier alpha value is -1.65. The van der Waals surface area contributed by atoms with Crippen molar-refractivity contribution in [3.05, 3.63) is 18.1 Å². The lowest BCUT2D eigenvalue weighted by Gasteiger charge is -2.40. The molecule has 1 aliphatic heterocycles. The molecule has 3 fully saturated rings. The zero-order valence-electron chi connectivity index (χ0n) is 14.7. The van der Waals surface area contributed by atoms with Crippen molar-refractivity contribution in [2.75, 3.05) is 18.0 Å². The van der Waals surface area contributed by atoms with Gasteiger partial charge in [-0.2, -0.15) is 0 Å². The van der Waals surface area contributed by atoms with E-state index in [0.29, 0.717) is 23.9 Å². The van der Waals surface area contributed by atoms with Crippen molar-refractivity contribution in [3.63, 3.8) is 0 Å². The minimum absolute atomic E-state index is 0.311. The van der Waals surface area contributed by atoms with Crippen LogP contribution in [-0.2, 0) is 4.79 Å². The molecule has 0 spiro atoms. The van der Waals surface area contributed by atoms with Crippen LogP contribution in [-0.4, -0.2) is 45.9 Å². The Morgan fingerprint density at radius 3 is 2.33 bits per heavy atom. The predicted molar refractivity (Wildman–Crippen MR) is 93.8 cm³/mol. The van der Waals surface area contributed by atoms with Crippen LogP contribution in [0.3, 0.4) is 0 Å². The Morgan fingerprint density at radius 1 is 1.04 bits per heavy atom. The van der Waals surface area contributed by atoms with Gasteiger partial charge in [-0.25, -0.2) is 9.97 Å². The summed E-state index contributed by atoms with van der Waals surface area (Å²) in [4.78, 5) is 26.0. The van der Waals surface area contributed by atoms with Gasteiger partial charge in [-0.15, -0.1) is 0 Å². The summed E-state index contributed by atoms with van der Waals surface area (Å²) in [5.74, 6) is 1.80. The number of rotatable bonds is 4. The number of aromatic nitrogens is 2. The average Bonchev–Trinajstić information content (AvgIpc) is 3.27. The van der Waals surface area contributed by atoms with Gasteiger partial charge in [-0.1, -0.05) is 12.8 Å². The van der Waals surface area contributed by atoms with Gasteiger partial charge in [-0.05, 0) is 45.4 Å². The fraction of sp³-hybridized carbons (Fsp3) is 0.737. The van der Waals surface area contributed by atoms with E-state index in [4.69, 9.17) is 0 Å². The minimum Gasteiger partial charge on any atom is -0.350 e. The van der Waals surface area contributed by atoms with E-state index >= 15 is 0 Å². The van der Waals surface area contributed by atoms with E-state index in [1.165, 1.54) is 25.7 Å². The van der Waals surface area contributed by atoms with Gasteiger partial charge in [0.2, 0.25) is 5.91 Å². The highest BCUT2D eigenvalue weighted by Crippen LogP contribution is 2.36. The van der Waals surface area contributed by atoms with Gasteiger partial charge < -0.3 is 9.80 Å². The smallest absolute Gasteiger partial charge is 0.225 e. The summed E-state index contributed by atoms with van der Waals surface area (Å²) < 4.78 is 0. The van der Waals surface area contributed by atoms with Crippen molar-refractivity contribution >= 4 is 11.7 Å². The quantitative estimate of drug-likeness (QED) is 0.853. The molecule has 0 atom stereocenters. The van der Waals surface area contributed by atoms with Gasteiger partial charge in [0.25, 0.3) is 0 Å². The van der Waals surface area contributed by atoms with Gasteiger partial charge in [0, 0.05) is 42.9 Å². The Labute approximate surface area is 144 Å². The third-order valence-corrected chi connectivity index (χ3v) is 5.87. The second-order valence-corrected chi connectivity index (χ2v) is 7.69. The summed E-state index contributed by atoms with van der Waals surface area (Å²) in [6.07, 6.45) is 11.0. The monoisotopic (exact) mass is 328 g/mol. The number of anilines is 1. The van der Waals surface area contributed by atoms with E-state index in [2.05, 4.69) is 25.8 Å². The number of hydrogen-bond acceptors (Lipinski definition) is 4. The molecule has 130 valence electrons. The number of likely N-dealkylation sites (tertiary alicyclic amines) is 1. The largest absolute Gasteiger partial charge is 0.350 e. The van der Waals surface area contributed by atoms with Gasteiger partial charge in [-0.3, -0.25) is 4.79 Å². The highest BCUT2D eigenvalue weighted by molar-refractivity contribution is 5.79. The maximum atomic E-state index is 12.6. The van der Waals surface area contributed by atoms with Crippen molar-refractivity contribution in [1.82, 2.24) is 14.9 Å².